The molecule has 0 radical (unpaired) electrons. The molecule has 2 aromatic rings. The smallest absolute Gasteiger partial charge is 0.231 e. The van der Waals surface area contributed by atoms with E-state index in [0.717, 1.165) is 30.6 Å². The van der Waals surface area contributed by atoms with Gasteiger partial charge < -0.3 is 4.90 Å². The van der Waals surface area contributed by atoms with Crippen molar-refractivity contribution < 1.29 is 13.2 Å². The second kappa shape index (κ2) is 7.00. The Hall–Kier alpha value is -2.14. The standard InChI is InChI=1S/C20H23NO3S/c1-15(2)25(23,24)18-11-9-16(10-12-18)14-20(22)21-13-5-7-17-6-3-4-8-19(17)21/h3-4,6,8-12,15H,5,7,13-14H2,1-2H3. The number of nitrogens with zero attached hydrogens (tertiary/aromatic N) is 1. The highest BCUT2D eigenvalue weighted by Crippen LogP contribution is 2.27. The summed E-state index contributed by atoms with van der Waals surface area (Å²) in [6, 6.07) is 14.7. The SMILES string of the molecule is CC(C)S(=O)(=O)c1ccc(CC(=O)N2CCCc3ccccc32)cc1. The average molecular weight is 357 g/mol. The Kier molecular flexibility index (Phi) is 4.95. The summed E-state index contributed by atoms with van der Waals surface area (Å²) < 4.78 is 24.3. The van der Waals surface area contributed by atoms with Crippen molar-refractivity contribution in [3.63, 3.8) is 0 Å². The van der Waals surface area contributed by atoms with E-state index in [0.29, 0.717) is 4.90 Å². The monoisotopic (exact) mass is 357 g/mol. The van der Waals surface area contributed by atoms with E-state index >= 15 is 0 Å². The van der Waals surface area contributed by atoms with Gasteiger partial charge in [0.2, 0.25) is 5.91 Å². The van der Waals surface area contributed by atoms with Crippen LogP contribution in [0.5, 0.6) is 0 Å². The van der Waals surface area contributed by atoms with E-state index < -0.39 is 15.1 Å². The predicted molar refractivity (Wildman–Crippen MR) is 99.6 cm³/mol. The Morgan fingerprint density at radius 2 is 1.76 bits per heavy atom. The maximum absolute atomic E-state index is 12.7. The third-order valence-corrected chi connectivity index (χ3v) is 6.81. The van der Waals surface area contributed by atoms with Crippen molar-refractivity contribution in [2.24, 2.45) is 0 Å². The van der Waals surface area contributed by atoms with Gasteiger partial charge in [0.25, 0.3) is 0 Å². The number of para-hydroxylation sites is 1. The lowest BCUT2D eigenvalue weighted by molar-refractivity contribution is -0.118. The van der Waals surface area contributed by atoms with Gasteiger partial charge in [-0.1, -0.05) is 30.3 Å². The van der Waals surface area contributed by atoms with E-state index in [9.17, 15) is 13.2 Å². The Morgan fingerprint density at radius 3 is 2.44 bits per heavy atom. The minimum Gasteiger partial charge on any atom is -0.312 e. The number of anilines is 1. The maximum atomic E-state index is 12.7. The normalized spacial score (nSPS) is 14.4. The van der Waals surface area contributed by atoms with Gasteiger partial charge in [0, 0.05) is 12.2 Å². The third kappa shape index (κ3) is 3.61. The number of hydrogen-bond acceptors (Lipinski definition) is 3. The van der Waals surface area contributed by atoms with Crippen LogP contribution in [-0.4, -0.2) is 26.1 Å². The van der Waals surface area contributed by atoms with Gasteiger partial charge in [-0.05, 0) is 56.0 Å². The van der Waals surface area contributed by atoms with Crippen LogP contribution in [0.25, 0.3) is 0 Å². The Bertz CT molecular complexity index is 870. The van der Waals surface area contributed by atoms with E-state index in [1.165, 1.54) is 5.56 Å². The molecule has 25 heavy (non-hydrogen) atoms. The quantitative estimate of drug-likeness (QED) is 0.843. The molecule has 0 saturated heterocycles. The molecule has 0 spiro atoms. The van der Waals surface area contributed by atoms with Crippen molar-refractivity contribution in [2.45, 2.75) is 43.3 Å². The van der Waals surface area contributed by atoms with Crippen LogP contribution in [0.2, 0.25) is 0 Å². The number of fused-ring (bicyclic) bond motifs is 1. The zero-order valence-electron chi connectivity index (χ0n) is 14.6. The van der Waals surface area contributed by atoms with Gasteiger partial charge in [0.05, 0.1) is 16.6 Å². The number of carbonyl (C=O) groups excluding carboxylic acids is 1. The second-order valence-electron chi connectivity index (χ2n) is 6.69. The average Bonchev–Trinajstić information content (AvgIpc) is 2.61. The molecule has 0 saturated carbocycles. The first-order chi connectivity index (χ1) is 11.9. The number of sulfone groups is 1. The van der Waals surface area contributed by atoms with Crippen LogP contribution in [0, 0.1) is 0 Å². The van der Waals surface area contributed by atoms with Crippen LogP contribution in [-0.2, 0) is 27.5 Å². The fourth-order valence-corrected chi connectivity index (χ4v) is 4.19. The zero-order chi connectivity index (χ0) is 18.0. The van der Waals surface area contributed by atoms with E-state index in [4.69, 9.17) is 0 Å². The number of benzene rings is 2. The summed E-state index contributed by atoms with van der Waals surface area (Å²) in [6.07, 6.45) is 2.24. The summed E-state index contributed by atoms with van der Waals surface area (Å²) in [4.78, 5) is 14.9. The lowest BCUT2D eigenvalue weighted by Gasteiger charge is -2.29. The van der Waals surface area contributed by atoms with Crippen molar-refractivity contribution in [3.8, 4) is 0 Å². The van der Waals surface area contributed by atoms with E-state index in [1.807, 2.05) is 23.1 Å². The summed E-state index contributed by atoms with van der Waals surface area (Å²) >= 11 is 0. The number of hydrogen-bond donors (Lipinski definition) is 0. The highest BCUT2D eigenvalue weighted by molar-refractivity contribution is 7.92. The minimum absolute atomic E-state index is 0.0478. The molecule has 132 valence electrons. The molecule has 0 fully saturated rings. The molecule has 2 aromatic carbocycles. The first-order valence-electron chi connectivity index (χ1n) is 8.60. The molecule has 3 rings (SSSR count). The Balaban J connectivity index is 1.77. The van der Waals surface area contributed by atoms with Crippen LogP contribution >= 0.6 is 0 Å². The van der Waals surface area contributed by atoms with E-state index in [1.54, 1.807) is 38.1 Å². The van der Waals surface area contributed by atoms with E-state index in [2.05, 4.69) is 6.07 Å². The molecule has 1 aliphatic heterocycles. The third-order valence-electron chi connectivity index (χ3n) is 4.64. The van der Waals surface area contributed by atoms with Gasteiger partial charge in [0.15, 0.2) is 9.84 Å². The minimum atomic E-state index is -3.28. The molecule has 1 aliphatic rings. The summed E-state index contributed by atoms with van der Waals surface area (Å²) in [5.74, 6) is 0.0478. The summed E-state index contributed by atoms with van der Waals surface area (Å²) in [5, 5.41) is -0.454. The zero-order valence-corrected chi connectivity index (χ0v) is 15.4. The van der Waals surface area contributed by atoms with Gasteiger partial charge in [0.1, 0.15) is 0 Å². The number of aryl methyl sites for hydroxylation is 1. The van der Waals surface area contributed by atoms with Crippen LogP contribution in [0.4, 0.5) is 5.69 Å². The van der Waals surface area contributed by atoms with Crippen LogP contribution in [0.3, 0.4) is 0 Å². The number of amides is 1. The fourth-order valence-electron chi connectivity index (χ4n) is 3.13. The van der Waals surface area contributed by atoms with Crippen LogP contribution < -0.4 is 4.90 Å². The molecule has 0 bridgehead atoms. The van der Waals surface area contributed by atoms with Crippen molar-refractivity contribution in [2.75, 3.05) is 11.4 Å². The van der Waals surface area contributed by atoms with Crippen molar-refractivity contribution in [3.05, 3.63) is 59.7 Å². The number of rotatable bonds is 4. The second-order valence-corrected chi connectivity index (χ2v) is 9.20. The van der Waals surface area contributed by atoms with Crippen LogP contribution in [0.15, 0.2) is 53.4 Å². The molecule has 5 heteroatoms. The lowest BCUT2D eigenvalue weighted by Crippen LogP contribution is -2.36. The van der Waals surface area contributed by atoms with Gasteiger partial charge in [-0.2, -0.15) is 0 Å². The topological polar surface area (TPSA) is 54.5 Å². The van der Waals surface area contributed by atoms with E-state index in [-0.39, 0.29) is 12.3 Å². The molecular formula is C20H23NO3S. The molecule has 4 nitrogen and oxygen atoms in total. The number of carbonyl (C=O) groups is 1. The molecular weight excluding hydrogens is 334 g/mol. The summed E-state index contributed by atoms with van der Waals surface area (Å²) in [5.41, 5.74) is 3.04. The van der Waals surface area contributed by atoms with Gasteiger partial charge in [-0.15, -0.1) is 0 Å². The molecule has 0 N–H and O–H groups in total. The largest absolute Gasteiger partial charge is 0.312 e. The Labute approximate surface area is 149 Å². The van der Waals surface area contributed by atoms with Gasteiger partial charge in [-0.25, -0.2) is 8.42 Å². The summed E-state index contributed by atoms with van der Waals surface area (Å²) in [6.45, 7) is 4.07. The Morgan fingerprint density at radius 1 is 1.08 bits per heavy atom. The highest BCUT2D eigenvalue weighted by atomic mass is 32.2. The predicted octanol–water partition coefficient (Wildman–Crippen LogP) is 3.39. The molecule has 0 unspecified atom stereocenters. The van der Waals surface area contributed by atoms with Crippen molar-refractivity contribution >= 4 is 21.4 Å². The fraction of sp³-hybridized carbons (Fsp3) is 0.350. The molecule has 0 atom stereocenters. The van der Waals surface area contributed by atoms with Gasteiger partial charge >= 0.3 is 0 Å². The first kappa shape index (κ1) is 17.7. The highest BCUT2D eigenvalue weighted by Gasteiger charge is 2.23. The van der Waals surface area contributed by atoms with Crippen molar-refractivity contribution in [1.29, 1.82) is 0 Å². The summed E-state index contributed by atoms with van der Waals surface area (Å²) in [7, 11) is -3.28. The molecule has 0 aliphatic carbocycles. The molecule has 1 heterocycles. The molecule has 0 aromatic heterocycles. The first-order valence-corrected chi connectivity index (χ1v) is 10.2. The van der Waals surface area contributed by atoms with Gasteiger partial charge in [-0.3, -0.25) is 4.79 Å². The molecule has 1 amide bonds. The maximum Gasteiger partial charge on any atom is 0.231 e. The van der Waals surface area contributed by atoms with Crippen molar-refractivity contribution in [1.82, 2.24) is 0 Å². The lowest BCUT2D eigenvalue weighted by atomic mass is 10.0. The van der Waals surface area contributed by atoms with Crippen LogP contribution in [0.1, 0.15) is 31.4 Å².